The highest BCUT2D eigenvalue weighted by molar-refractivity contribution is 6.33. The van der Waals surface area contributed by atoms with Crippen LogP contribution in [0.3, 0.4) is 0 Å². The normalized spacial score (nSPS) is 13.9. The maximum absolute atomic E-state index is 14.8. The van der Waals surface area contributed by atoms with Gasteiger partial charge in [0, 0.05) is 35.8 Å². The average molecular weight is 540 g/mol. The molecule has 1 aliphatic rings. The Balaban J connectivity index is 1.29. The number of nitrogens with zero attached hydrogens (tertiary/aromatic N) is 3. The Morgan fingerprint density at radius 1 is 1.08 bits per heavy atom. The summed E-state index contributed by atoms with van der Waals surface area (Å²) in [5.74, 6) is -0.367. The van der Waals surface area contributed by atoms with Crippen LogP contribution in [0.1, 0.15) is 34.8 Å². The van der Waals surface area contributed by atoms with Crippen LogP contribution >= 0.6 is 11.6 Å². The molecule has 38 heavy (non-hydrogen) atoms. The second kappa shape index (κ2) is 11.7. The Labute approximate surface area is 222 Å². The standard InChI is InChI=1S/C27H24ClF2N5O3/c28-21-6-5-18(38-15-16-7-9-37-10-8-16)12-19(21)20-13-24(31-14-23(20)30)33-27(36)26-32-25(34-35-26)11-17-3-1-2-4-22(17)29/h1-6,12-14,16H,7-11,15H2,(H,31,33,36)(H,32,34,35). The van der Waals surface area contributed by atoms with Crippen LogP contribution in [0.25, 0.3) is 11.1 Å². The predicted octanol–water partition coefficient (Wildman–Crippen LogP) is 5.45. The van der Waals surface area contributed by atoms with E-state index in [2.05, 4.69) is 25.5 Å². The number of nitrogens with one attached hydrogen (secondary N) is 2. The minimum absolute atomic E-state index is 0.0862. The Morgan fingerprint density at radius 3 is 2.71 bits per heavy atom. The van der Waals surface area contributed by atoms with Gasteiger partial charge >= 0.3 is 0 Å². The first-order valence-corrected chi connectivity index (χ1v) is 12.5. The van der Waals surface area contributed by atoms with Crippen molar-refractivity contribution in [2.24, 2.45) is 5.92 Å². The number of hydrogen-bond donors (Lipinski definition) is 2. The van der Waals surface area contributed by atoms with Crippen molar-refractivity contribution in [2.45, 2.75) is 19.3 Å². The topological polar surface area (TPSA) is 102 Å². The number of anilines is 1. The molecule has 3 heterocycles. The zero-order valence-electron chi connectivity index (χ0n) is 20.2. The van der Waals surface area contributed by atoms with E-state index in [4.69, 9.17) is 21.1 Å². The number of benzene rings is 2. The van der Waals surface area contributed by atoms with Crippen LogP contribution in [0.2, 0.25) is 5.02 Å². The van der Waals surface area contributed by atoms with Crippen molar-refractivity contribution in [2.75, 3.05) is 25.1 Å². The summed E-state index contributed by atoms with van der Waals surface area (Å²) < 4.78 is 40.0. The zero-order valence-corrected chi connectivity index (χ0v) is 21.0. The predicted molar refractivity (Wildman–Crippen MR) is 137 cm³/mol. The molecule has 2 aromatic carbocycles. The maximum Gasteiger partial charge on any atom is 0.294 e. The van der Waals surface area contributed by atoms with E-state index in [9.17, 15) is 13.6 Å². The van der Waals surface area contributed by atoms with E-state index in [0.29, 0.717) is 40.2 Å². The van der Waals surface area contributed by atoms with Gasteiger partial charge in [0.05, 0.1) is 12.8 Å². The summed E-state index contributed by atoms with van der Waals surface area (Å²) in [7, 11) is 0. The fourth-order valence-electron chi connectivity index (χ4n) is 4.12. The summed E-state index contributed by atoms with van der Waals surface area (Å²) >= 11 is 6.39. The van der Waals surface area contributed by atoms with Crippen molar-refractivity contribution in [3.63, 3.8) is 0 Å². The molecule has 2 N–H and O–H groups in total. The third-order valence-corrected chi connectivity index (χ3v) is 6.55. The molecule has 0 radical (unpaired) electrons. The minimum atomic E-state index is -0.637. The number of ether oxygens (including phenoxy) is 2. The molecule has 1 aliphatic heterocycles. The molecular formula is C27H24ClF2N5O3. The monoisotopic (exact) mass is 539 g/mol. The Morgan fingerprint density at radius 2 is 1.89 bits per heavy atom. The molecule has 0 atom stereocenters. The summed E-state index contributed by atoms with van der Waals surface area (Å²) in [6, 6.07) is 12.7. The van der Waals surface area contributed by atoms with Gasteiger partial charge in [0.15, 0.2) is 0 Å². The first kappa shape index (κ1) is 25.7. The highest BCUT2D eigenvalue weighted by Gasteiger charge is 2.18. The van der Waals surface area contributed by atoms with Crippen molar-refractivity contribution in [3.8, 4) is 16.9 Å². The number of H-pyrrole nitrogens is 1. The van der Waals surface area contributed by atoms with Crippen LogP contribution in [-0.2, 0) is 11.2 Å². The van der Waals surface area contributed by atoms with Gasteiger partial charge in [0.1, 0.15) is 29.0 Å². The van der Waals surface area contributed by atoms with Gasteiger partial charge in [-0.05, 0) is 54.7 Å². The number of carbonyl (C=O) groups excluding carboxylic acids is 1. The number of amides is 1. The third-order valence-electron chi connectivity index (χ3n) is 6.22. The number of rotatable bonds is 8. The van der Waals surface area contributed by atoms with Gasteiger partial charge in [-0.1, -0.05) is 29.8 Å². The van der Waals surface area contributed by atoms with E-state index in [0.717, 1.165) is 32.3 Å². The van der Waals surface area contributed by atoms with Gasteiger partial charge in [-0.25, -0.2) is 13.8 Å². The molecule has 0 spiro atoms. The number of aromatic amines is 1. The van der Waals surface area contributed by atoms with Gasteiger partial charge in [-0.15, -0.1) is 10.2 Å². The molecule has 0 aliphatic carbocycles. The summed E-state index contributed by atoms with van der Waals surface area (Å²) in [6.07, 6.45) is 2.99. The molecule has 1 fully saturated rings. The molecule has 1 amide bonds. The number of halogens is 3. The second-order valence-corrected chi connectivity index (χ2v) is 9.31. The zero-order chi connectivity index (χ0) is 26.5. The van der Waals surface area contributed by atoms with Gasteiger partial charge in [-0.2, -0.15) is 0 Å². The van der Waals surface area contributed by atoms with Crippen molar-refractivity contribution >= 4 is 23.3 Å². The van der Waals surface area contributed by atoms with E-state index >= 15 is 0 Å². The van der Waals surface area contributed by atoms with E-state index in [1.54, 1.807) is 36.4 Å². The molecule has 8 nitrogen and oxygen atoms in total. The summed E-state index contributed by atoms with van der Waals surface area (Å²) in [5, 5.41) is 10.6. The lowest BCUT2D eigenvalue weighted by Crippen LogP contribution is -2.21. The quantitative estimate of drug-likeness (QED) is 0.309. The molecule has 11 heteroatoms. The highest BCUT2D eigenvalue weighted by atomic mass is 35.5. The molecule has 196 valence electrons. The number of carbonyl (C=O) groups is 1. The number of hydrogen-bond acceptors (Lipinski definition) is 6. The molecule has 5 rings (SSSR count). The van der Waals surface area contributed by atoms with Gasteiger partial charge < -0.3 is 19.8 Å². The lowest BCUT2D eigenvalue weighted by molar-refractivity contribution is 0.0497. The van der Waals surface area contributed by atoms with E-state index in [-0.39, 0.29) is 29.4 Å². The van der Waals surface area contributed by atoms with Crippen LogP contribution in [0.15, 0.2) is 54.7 Å². The number of aromatic nitrogens is 4. The van der Waals surface area contributed by atoms with Gasteiger partial charge in [0.2, 0.25) is 5.82 Å². The van der Waals surface area contributed by atoms with Crippen molar-refractivity contribution < 1.29 is 23.0 Å². The molecule has 0 unspecified atom stereocenters. The van der Waals surface area contributed by atoms with Crippen LogP contribution in [-0.4, -0.2) is 45.9 Å². The lowest BCUT2D eigenvalue weighted by atomic mass is 10.0. The summed E-state index contributed by atoms with van der Waals surface area (Å²) in [5.41, 5.74) is 0.962. The first-order chi connectivity index (χ1) is 18.5. The number of pyridine rings is 1. The lowest BCUT2D eigenvalue weighted by Gasteiger charge is -2.22. The average Bonchev–Trinajstić information content (AvgIpc) is 3.40. The second-order valence-electron chi connectivity index (χ2n) is 8.90. The molecule has 4 aromatic rings. The van der Waals surface area contributed by atoms with Gasteiger partial charge in [0.25, 0.3) is 5.91 Å². The van der Waals surface area contributed by atoms with Crippen molar-refractivity contribution in [3.05, 3.63) is 88.6 Å². The molecule has 2 aromatic heterocycles. The molecule has 0 saturated carbocycles. The molecule has 0 bridgehead atoms. The van der Waals surface area contributed by atoms with E-state index in [1.807, 2.05) is 0 Å². The largest absolute Gasteiger partial charge is 0.493 e. The molecular weight excluding hydrogens is 516 g/mol. The van der Waals surface area contributed by atoms with E-state index < -0.39 is 11.7 Å². The van der Waals surface area contributed by atoms with Crippen LogP contribution in [0, 0.1) is 17.6 Å². The Bertz CT molecular complexity index is 1440. The Hall–Kier alpha value is -3.89. The fraction of sp³-hybridized carbons (Fsp3) is 0.259. The van der Waals surface area contributed by atoms with Crippen molar-refractivity contribution in [1.82, 2.24) is 20.2 Å². The summed E-state index contributed by atoms with van der Waals surface area (Å²) in [4.78, 5) is 19.5. The summed E-state index contributed by atoms with van der Waals surface area (Å²) in [6.45, 7) is 1.97. The molecule has 1 saturated heterocycles. The smallest absolute Gasteiger partial charge is 0.294 e. The van der Waals surface area contributed by atoms with Crippen LogP contribution in [0.5, 0.6) is 5.75 Å². The SMILES string of the molecule is O=C(Nc1cc(-c2cc(OCC3CCOCC3)ccc2Cl)c(F)cn1)c1nnc(Cc2ccccc2F)[nH]1. The fourth-order valence-corrected chi connectivity index (χ4v) is 4.34. The van der Waals surface area contributed by atoms with Crippen LogP contribution in [0.4, 0.5) is 14.6 Å². The van der Waals surface area contributed by atoms with Crippen LogP contribution < -0.4 is 10.1 Å². The van der Waals surface area contributed by atoms with Crippen molar-refractivity contribution in [1.29, 1.82) is 0 Å². The minimum Gasteiger partial charge on any atom is -0.493 e. The third kappa shape index (κ3) is 6.15. The first-order valence-electron chi connectivity index (χ1n) is 12.1. The van der Waals surface area contributed by atoms with Gasteiger partial charge in [-0.3, -0.25) is 4.79 Å². The Kier molecular flexibility index (Phi) is 7.90. The van der Waals surface area contributed by atoms with E-state index in [1.165, 1.54) is 12.1 Å². The highest BCUT2D eigenvalue weighted by Crippen LogP contribution is 2.34. The maximum atomic E-state index is 14.8.